The Balaban J connectivity index is 1.74. The first kappa shape index (κ1) is 12.6. The molecule has 2 heterocycles. The summed E-state index contributed by atoms with van der Waals surface area (Å²) in [4.78, 5) is 3.97. The zero-order chi connectivity index (χ0) is 13.8. The Kier molecular flexibility index (Phi) is 3.62. The molecule has 0 fully saturated rings. The monoisotopic (exact) mass is 266 g/mol. The van der Waals surface area contributed by atoms with Gasteiger partial charge in [0.05, 0.1) is 13.2 Å². The molecule has 3 rings (SSSR count). The Morgan fingerprint density at radius 3 is 3.15 bits per heavy atom. The lowest BCUT2D eigenvalue weighted by atomic mass is 10.0. The average Bonchev–Trinajstić information content (AvgIpc) is 2.53. The number of nitrogens with zero attached hydrogens (tertiary/aromatic N) is 2. The van der Waals surface area contributed by atoms with Crippen LogP contribution in [0.4, 0.5) is 0 Å². The molecular weight excluding hydrogens is 252 g/mol. The summed E-state index contributed by atoms with van der Waals surface area (Å²) in [7, 11) is 0. The fourth-order valence-electron chi connectivity index (χ4n) is 2.26. The lowest BCUT2D eigenvalue weighted by molar-refractivity contribution is 0.110. The number of hydrogen-bond acceptors (Lipinski definition) is 4. The van der Waals surface area contributed by atoms with Crippen LogP contribution in [0.1, 0.15) is 22.4 Å². The van der Waals surface area contributed by atoms with Crippen molar-refractivity contribution in [1.82, 2.24) is 4.98 Å². The van der Waals surface area contributed by atoms with Gasteiger partial charge in [-0.15, -0.1) is 0 Å². The molecule has 0 atom stereocenters. The van der Waals surface area contributed by atoms with Crippen molar-refractivity contribution in [3.8, 4) is 11.8 Å². The maximum atomic E-state index is 8.96. The van der Waals surface area contributed by atoms with Gasteiger partial charge in [-0.05, 0) is 41.3 Å². The van der Waals surface area contributed by atoms with Crippen LogP contribution in [-0.2, 0) is 24.4 Å². The number of pyridine rings is 1. The van der Waals surface area contributed by atoms with Crippen LogP contribution in [0.5, 0.6) is 5.75 Å². The Hall–Kier alpha value is -2.38. The minimum absolute atomic E-state index is 0.314. The van der Waals surface area contributed by atoms with E-state index in [9.17, 15) is 0 Å². The third kappa shape index (κ3) is 2.63. The molecule has 0 radical (unpaired) electrons. The van der Waals surface area contributed by atoms with Crippen molar-refractivity contribution < 1.29 is 9.47 Å². The minimum Gasteiger partial charge on any atom is -0.486 e. The molecule has 4 nitrogen and oxygen atoms in total. The summed E-state index contributed by atoms with van der Waals surface area (Å²) in [5.41, 5.74) is 3.96. The molecule has 1 aromatic carbocycles. The van der Waals surface area contributed by atoms with Crippen LogP contribution < -0.4 is 4.74 Å². The van der Waals surface area contributed by atoms with Crippen LogP contribution in [0.2, 0.25) is 0 Å². The molecule has 0 bridgehead atoms. The largest absolute Gasteiger partial charge is 0.486 e. The molecule has 0 unspecified atom stereocenters. The Labute approximate surface area is 117 Å². The third-order valence-electron chi connectivity index (χ3n) is 3.31. The first-order valence-electron chi connectivity index (χ1n) is 6.53. The number of ether oxygens (including phenoxy) is 2. The van der Waals surface area contributed by atoms with Gasteiger partial charge in [-0.2, -0.15) is 5.26 Å². The van der Waals surface area contributed by atoms with Gasteiger partial charge >= 0.3 is 0 Å². The van der Waals surface area contributed by atoms with Gasteiger partial charge in [0.15, 0.2) is 11.4 Å². The molecule has 0 saturated heterocycles. The highest BCUT2D eigenvalue weighted by molar-refractivity contribution is 5.37. The van der Waals surface area contributed by atoms with E-state index in [2.05, 4.69) is 23.2 Å². The molecular formula is C16H14N2O2. The van der Waals surface area contributed by atoms with Crippen molar-refractivity contribution in [2.45, 2.75) is 19.6 Å². The SMILES string of the molecule is N#Cc1ncccc1OCc1ccc2c(c1)COCC2. The highest BCUT2D eigenvalue weighted by Gasteiger charge is 2.10. The van der Waals surface area contributed by atoms with Gasteiger partial charge in [0, 0.05) is 6.20 Å². The zero-order valence-corrected chi connectivity index (χ0v) is 11.0. The van der Waals surface area contributed by atoms with E-state index in [0.717, 1.165) is 18.6 Å². The molecule has 1 aromatic heterocycles. The second kappa shape index (κ2) is 5.72. The number of fused-ring (bicyclic) bond motifs is 1. The van der Waals surface area contributed by atoms with E-state index >= 15 is 0 Å². The van der Waals surface area contributed by atoms with E-state index in [4.69, 9.17) is 14.7 Å². The van der Waals surface area contributed by atoms with Crippen LogP contribution in [0.25, 0.3) is 0 Å². The molecule has 0 spiro atoms. The predicted octanol–water partition coefficient (Wildman–Crippen LogP) is 2.60. The van der Waals surface area contributed by atoms with Crippen LogP contribution >= 0.6 is 0 Å². The molecule has 20 heavy (non-hydrogen) atoms. The number of hydrogen-bond donors (Lipinski definition) is 0. The highest BCUT2D eigenvalue weighted by Crippen LogP contribution is 2.20. The van der Waals surface area contributed by atoms with Gasteiger partial charge in [-0.25, -0.2) is 4.98 Å². The number of nitriles is 1. The summed E-state index contributed by atoms with van der Waals surface area (Å²) >= 11 is 0. The van der Waals surface area contributed by atoms with E-state index in [1.807, 2.05) is 6.07 Å². The van der Waals surface area contributed by atoms with Gasteiger partial charge in [-0.3, -0.25) is 0 Å². The molecule has 0 amide bonds. The smallest absolute Gasteiger partial charge is 0.182 e. The van der Waals surface area contributed by atoms with E-state index in [-0.39, 0.29) is 0 Å². The Bertz CT molecular complexity index is 662. The Morgan fingerprint density at radius 1 is 1.30 bits per heavy atom. The van der Waals surface area contributed by atoms with Crippen molar-refractivity contribution in [1.29, 1.82) is 5.26 Å². The minimum atomic E-state index is 0.314. The fourth-order valence-corrected chi connectivity index (χ4v) is 2.26. The van der Waals surface area contributed by atoms with Crippen molar-refractivity contribution in [2.24, 2.45) is 0 Å². The molecule has 2 aromatic rings. The van der Waals surface area contributed by atoms with Crippen LogP contribution in [0, 0.1) is 11.3 Å². The molecule has 100 valence electrons. The van der Waals surface area contributed by atoms with E-state index in [1.54, 1.807) is 18.3 Å². The topological polar surface area (TPSA) is 55.1 Å². The van der Waals surface area contributed by atoms with Gasteiger partial charge in [0.25, 0.3) is 0 Å². The van der Waals surface area contributed by atoms with Crippen LogP contribution in [0.15, 0.2) is 36.5 Å². The first-order chi connectivity index (χ1) is 9.86. The molecule has 1 aliphatic rings. The number of benzene rings is 1. The Morgan fingerprint density at radius 2 is 2.25 bits per heavy atom. The second-order valence-corrected chi connectivity index (χ2v) is 4.66. The molecule has 0 N–H and O–H groups in total. The summed E-state index contributed by atoms with van der Waals surface area (Å²) in [6, 6.07) is 11.8. The van der Waals surface area contributed by atoms with Gasteiger partial charge in [0.2, 0.25) is 0 Å². The lowest BCUT2D eigenvalue weighted by Gasteiger charge is -2.17. The maximum Gasteiger partial charge on any atom is 0.182 e. The number of rotatable bonds is 3. The summed E-state index contributed by atoms with van der Waals surface area (Å²) in [6.07, 6.45) is 2.55. The van der Waals surface area contributed by atoms with Gasteiger partial charge in [0.1, 0.15) is 12.7 Å². The quantitative estimate of drug-likeness (QED) is 0.857. The van der Waals surface area contributed by atoms with Crippen molar-refractivity contribution in [3.05, 3.63) is 58.9 Å². The third-order valence-corrected chi connectivity index (χ3v) is 3.31. The van der Waals surface area contributed by atoms with E-state index in [1.165, 1.54) is 11.1 Å². The molecule has 0 saturated carbocycles. The average molecular weight is 266 g/mol. The van der Waals surface area contributed by atoms with E-state index < -0.39 is 0 Å². The predicted molar refractivity (Wildman–Crippen MR) is 73.1 cm³/mol. The molecule has 1 aliphatic heterocycles. The van der Waals surface area contributed by atoms with Crippen LogP contribution in [-0.4, -0.2) is 11.6 Å². The van der Waals surface area contributed by atoms with E-state index in [0.29, 0.717) is 24.7 Å². The molecule has 0 aliphatic carbocycles. The van der Waals surface area contributed by atoms with Gasteiger partial charge < -0.3 is 9.47 Å². The lowest BCUT2D eigenvalue weighted by Crippen LogP contribution is -2.10. The summed E-state index contributed by atoms with van der Waals surface area (Å²) < 4.78 is 11.1. The normalized spacial score (nSPS) is 13.3. The van der Waals surface area contributed by atoms with Crippen LogP contribution in [0.3, 0.4) is 0 Å². The van der Waals surface area contributed by atoms with Gasteiger partial charge in [-0.1, -0.05) is 12.1 Å². The molecule has 4 heteroatoms. The maximum absolute atomic E-state index is 8.96. The number of aromatic nitrogens is 1. The summed E-state index contributed by atoms with van der Waals surface area (Å²) in [5.74, 6) is 0.518. The zero-order valence-electron chi connectivity index (χ0n) is 11.0. The highest BCUT2D eigenvalue weighted by atomic mass is 16.5. The summed E-state index contributed by atoms with van der Waals surface area (Å²) in [5, 5.41) is 8.96. The summed E-state index contributed by atoms with van der Waals surface area (Å²) in [6.45, 7) is 1.89. The van der Waals surface area contributed by atoms with Crippen molar-refractivity contribution in [3.63, 3.8) is 0 Å². The van der Waals surface area contributed by atoms with Crippen molar-refractivity contribution in [2.75, 3.05) is 6.61 Å². The standard InChI is InChI=1S/C16H14N2O2/c17-9-15-16(2-1-6-18-15)20-10-12-3-4-13-5-7-19-11-14(13)8-12/h1-4,6,8H,5,7,10-11H2. The first-order valence-corrected chi connectivity index (χ1v) is 6.53. The fraction of sp³-hybridized carbons (Fsp3) is 0.250. The van der Waals surface area contributed by atoms with Crippen molar-refractivity contribution >= 4 is 0 Å². The second-order valence-electron chi connectivity index (χ2n) is 4.66.